The smallest absolute Gasteiger partial charge is 0.0737 e. The van der Waals surface area contributed by atoms with Crippen molar-refractivity contribution in [1.82, 2.24) is 15.0 Å². The zero-order valence-electron chi connectivity index (χ0n) is 34.4. The number of rotatable bonds is 9. The van der Waals surface area contributed by atoms with Crippen LogP contribution in [0, 0.1) is 5.92 Å². The van der Waals surface area contributed by atoms with E-state index in [0.29, 0.717) is 0 Å². The molecular weight excluding hydrogens is 755 g/mol. The highest BCUT2D eigenvalue weighted by Crippen LogP contribution is 2.38. The number of benzene rings is 6. The molecule has 6 aromatic carbocycles. The van der Waals surface area contributed by atoms with E-state index in [1.165, 1.54) is 16.7 Å². The summed E-state index contributed by atoms with van der Waals surface area (Å²) in [5.74, 6) is 0.135. The molecule has 1 aliphatic heterocycles. The van der Waals surface area contributed by atoms with Crippen LogP contribution in [-0.2, 0) is 0 Å². The van der Waals surface area contributed by atoms with Crippen molar-refractivity contribution in [2.45, 2.75) is 19.3 Å². The first-order valence-corrected chi connectivity index (χ1v) is 21.1. The minimum atomic E-state index is 0.0459. The van der Waals surface area contributed by atoms with Crippen molar-refractivity contribution >= 4 is 11.4 Å². The van der Waals surface area contributed by atoms with Gasteiger partial charge in [0, 0.05) is 59.8 Å². The highest BCUT2D eigenvalue weighted by molar-refractivity contribution is 6.08. The van der Waals surface area contributed by atoms with Gasteiger partial charge >= 0.3 is 0 Å². The Balaban J connectivity index is 1.05. The third kappa shape index (κ3) is 8.17. The van der Waals surface area contributed by atoms with Crippen molar-refractivity contribution in [2.75, 3.05) is 0 Å². The molecule has 0 amide bonds. The van der Waals surface area contributed by atoms with Crippen molar-refractivity contribution in [3.8, 4) is 66.8 Å². The third-order valence-corrected chi connectivity index (χ3v) is 12.0. The number of hydrogen-bond donors (Lipinski definition) is 0. The second kappa shape index (κ2) is 17.4. The topological polar surface area (TPSA) is 63.4 Å². The highest BCUT2D eigenvalue weighted by Gasteiger charge is 2.30. The van der Waals surface area contributed by atoms with E-state index in [9.17, 15) is 0 Å². The first kappa shape index (κ1) is 38.3. The minimum absolute atomic E-state index is 0.0459. The Labute approximate surface area is 362 Å². The minimum Gasteiger partial charge on any atom is -0.264 e. The molecule has 4 heterocycles. The molecule has 3 aromatic heterocycles. The Morgan fingerprint density at radius 3 is 1.11 bits per heavy atom. The van der Waals surface area contributed by atoms with Gasteiger partial charge in [-0.2, -0.15) is 10.2 Å². The molecule has 0 saturated carbocycles. The molecule has 5 nitrogen and oxygen atoms in total. The van der Waals surface area contributed by atoms with Gasteiger partial charge in [0.25, 0.3) is 0 Å². The molecule has 9 aromatic rings. The molecule has 62 heavy (non-hydrogen) atoms. The average Bonchev–Trinajstić information content (AvgIpc) is 3.54. The van der Waals surface area contributed by atoms with E-state index in [-0.39, 0.29) is 11.8 Å². The molecule has 0 bridgehead atoms. The second-order valence-corrected chi connectivity index (χ2v) is 15.9. The molecule has 5 heteroatoms. The van der Waals surface area contributed by atoms with E-state index in [2.05, 4.69) is 186 Å². The summed E-state index contributed by atoms with van der Waals surface area (Å²) in [6.45, 7) is 2.31. The van der Waals surface area contributed by atoms with Gasteiger partial charge in [-0.3, -0.25) is 15.0 Å². The third-order valence-electron chi connectivity index (χ3n) is 12.0. The summed E-state index contributed by atoms with van der Waals surface area (Å²) in [5, 5.41) is 10.3. The average molecular weight is 798 g/mol. The molecule has 0 radical (unpaired) electrons. The molecule has 0 aliphatic carbocycles. The van der Waals surface area contributed by atoms with Crippen LogP contribution in [0.5, 0.6) is 0 Å². The molecule has 296 valence electrons. The van der Waals surface area contributed by atoms with Gasteiger partial charge in [-0.25, -0.2) is 0 Å². The van der Waals surface area contributed by atoms with E-state index < -0.39 is 0 Å². The van der Waals surface area contributed by atoms with Gasteiger partial charge in [-0.1, -0.05) is 140 Å². The van der Waals surface area contributed by atoms with Crippen LogP contribution in [-0.4, -0.2) is 26.4 Å². The van der Waals surface area contributed by atoms with Crippen LogP contribution >= 0.6 is 0 Å². The van der Waals surface area contributed by atoms with Crippen LogP contribution in [0.4, 0.5) is 0 Å². The fraction of sp³-hybridized carbons (Fsp3) is 0.0702. The van der Waals surface area contributed by atoms with Crippen LogP contribution in [0.25, 0.3) is 66.8 Å². The Morgan fingerprint density at radius 1 is 0.339 bits per heavy atom. The van der Waals surface area contributed by atoms with Crippen molar-refractivity contribution < 1.29 is 0 Å². The lowest BCUT2D eigenvalue weighted by atomic mass is 9.77. The summed E-state index contributed by atoms with van der Waals surface area (Å²) in [6, 6.07) is 64.9. The van der Waals surface area contributed by atoms with Crippen LogP contribution in [0.3, 0.4) is 0 Å². The van der Waals surface area contributed by atoms with E-state index in [4.69, 9.17) is 10.2 Å². The maximum absolute atomic E-state index is 5.17. The Kier molecular flexibility index (Phi) is 10.7. The van der Waals surface area contributed by atoms with Gasteiger partial charge in [0.1, 0.15) is 0 Å². The normalized spacial score (nSPS) is 15.0. The molecule has 10 rings (SSSR count). The van der Waals surface area contributed by atoms with Gasteiger partial charge < -0.3 is 0 Å². The summed E-state index contributed by atoms with van der Waals surface area (Å²) in [7, 11) is 0. The van der Waals surface area contributed by atoms with Crippen molar-refractivity contribution in [1.29, 1.82) is 0 Å². The molecule has 2 atom stereocenters. The maximum atomic E-state index is 5.17. The summed E-state index contributed by atoms with van der Waals surface area (Å²) in [4.78, 5) is 13.1. The maximum Gasteiger partial charge on any atom is 0.0737 e. The second-order valence-electron chi connectivity index (χ2n) is 15.9. The molecule has 0 fully saturated rings. The fourth-order valence-corrected chi connectivity index (χ4v) is 8.65. The number of nitrogens with zero attached hydrogens (tertiary/aromatic N) is 5. The predicted octanol–water partition coefficient (Wildman–Crippen LogP) is 13.9. The summed E-state index contributed by atoms with van der Waals surface area (Å²) >= 11 is 0. The molecule has 2 unspecified atom stereocenters. The first-order valence-electron chi connectivity index (χ1n) is 21.1. The molecule has 0 N–H and O–H groups in total. The molecule has 0 spiro atoms. The summed E-state index contributed by atoms with van der Waals surface area (Å²) in [6.07, 6.45) is 11.9. The zero-order chi connectivity index (χ0) is 41.7. The lowest BCUT2D eigenvalue weighted by molar-refractivity contribution is 0.598. The van der Waals surface area contributed by atoms with E-state index in [1.54, 1.807) is 0 Å². The zero-order valence-corrected chi connectivity index (χ0v) is 34.4. The van der Waals surface area contributed by atoms with Crippen molar-refractivity contribution in [2.24, 2.45) is 16.1 Å². The summed E-state index contributed by atoms with van der Waals surface area (Å²) in [5.41, 5.74) is 18.9. The SMILES string of the molecule is CC1C(c2cccc(-c3cccc(-c4cccnc4)c3)c2)=NN=C(c2cccc(-c3cccc(-c4cccnc4)c3)c2)CC1c1cccc(-c2cccc(-c3cccnc3)c2)c1. The number of hydrogen-bond acceptors (Lipinski definition) is 5. The number of pyridine rings is 3. The lowest BCUT2D eigenvalue weighted by Gasteiger charge is -2.25. The fourth-order valence-electron chi connectivity index (χ4n) is 8.65. The van der Waals surface area contributed by atoms with Crippen LogP contribution in [0.1, 0.15) is 36.0 Å². The Morgan fingerprint density at radius 2 is 0.677 bits per heavy atom. The van der Waals surface area contributed by atoms with E-state index in [0.717, 1.165) is 84.6 Å². The quantitative estimate of drug-likeness (QED) is 0.146. The molecule has 0 saturated heterocycles. The Hall–Kier alpha value is -7.89. The van der Waals surface area contributed by atoms with Crippen molar-refractivity contribution in [3.05, 3.63) is 236 Å². The van der Waals surface area contributed by atoms with Crippen molar-refractivity contribution in [3.63, 3.8) is 0 Å². The van der Waals surface area contributed by atoms with Gasteiger partial charge in [0.15, 0.2) is 0 Å². The monoisotopic (exact) mass is 797 g/mol. The van der Waals surface area contributed by atoms with E-state index in [1.807, 2.05) is 55.4 Å². The van der Waals surface area contributed by atoms with Gasteiger partial charge in [0.2, 0.25) is 0 Å². The highest BCUT2D eigenvalue weighted by atomic mass is 15.2. The van der Waals surface area contributed by atoms with Gasteiger partial charge in [0.05, 0.1) is 11.4 Å². The predicted molar refractivity (Wildman–Crippen MR) is 255 cm³/mol. The van der Waals surface area contributed by atoms with Crippen LogP contribution < -0.4 is 0 Å². The Bertz CT molecular complexity index is 3070. The standard InChI is InChI=1S/C57H43N5/c1-39-55(49-20-5-14-43(32-49)40-11-2-17-46(29-40)52-23-8-26-58-36-52)35-56(50-21-6-15-44(33-50)41-12-3-18-47(30-41)53-24-9-27-59-37-53)61-62-57(39)51-22-7-16-45(34-51)42-13-4-19-48(31-42)54-25-10-28-60-38-54/h2-34,36-39,55H,35H2,1H3. The van der Waals surface area contributed by atoms with Crippen LogP contribution in [0.2, 0.25) is 0 Å². The van der Waals surface area contributed by atoms with Gasteiger partial charge in [-0.05, 0) is 128 Å². The number of aromatic nitrogens is 3. The lowest BCUT2D eigenvalue weighted by Crippen LogP contribution is -2.21. The molecular formula is C57H43N5. The van der Waals surface area contributed by atoms with Crippen LogP contribution in [0.15, 0.2) is 229 Å². The molecule has 1 aliphatic rings. The van der Waals surface area contributed by atoms with Gasteiger partial charge in [-0.15, -0.1) is 0 Å². The van der Waals surface area contributed by atoms with E-state index >= 15 is 0 Å². The summed E-state index contributed by atoms with van der Waals surface area (Å²) < 4.78 is 0. The first-order chi connectivity index (χ1) is 30.6. The largest absolute Gasteiger partial charge is 0.264 e.